The van der Waals surface area contributed by atoms with Gasteiger partial charge in [0, 0.05) is 30.9 Å². The van der Waals surface area contributed by atoms with Gasteiger partial charge in [-0.15, -0.1) is 0 Å². The number of aryl methyl sites for hydroxylation is 1. The predicted octanol–water partition coefficient (Wildman–Crippen LogP) is 1.93. The van der Waals surface area contributed by atoms with Crippen LogP contribution in [0.3, 0.4) is 0 Å². The molecule has 0 spiro atoms. The lowest BCUT2D eigenvalue weighted by molar-refractivity contribution is 0.0938. The Morgan fingerprint density at radius 1 is 1.31 bits per heavy atom. The first kappa shape index (κ1) is 18.9. The minimum atomic E-state index is -0.208. The molecule has 3 aromatic heterocycles. The Labute approximate surface area is 167 Å². The van der Waals surface area contributed by atoms with E-state index < -0.39 is 0 Å². The van der Waals surface area contributed by atoms with Gasteiger partial charge in [-0.3, -0.25) is 9.59 Å². The van der Waals surface area contributed by atoms with Crippen molar-refractivity contribution in [1.82, 2.24) is 25.2 Å². The second-order valence-corrected chi connectivity index (χ2v) is 7.23. The molecule has 9 nitrogen and oxygen atoms in total. The third-order valence-electron chi connectivity index (χ3n) is 5.01. The molecule has 29 heavy (non-hydrogen) atoms. The van der Waals surface area contributed by atoms with Crippen LogP contribution < -0.4 is 16.2 Å². The smallest absolute Gasteiger partial charge is 0.273 e. The Morgan fingerprint density at radius 2 is 2.21 bits per heavy atom. The molecule has 2 atom stereocenters. The zero-order valence-electron chi connectivity index (χ0n) is 16.0. The average Bonchev–Trinajstić information content (AvgIpc) is 3.36. The van der Waals surface area contributed by atoms with E-state index in [0.29, 0.717) is 35.6 Å². The van der Waals surface area contributed by atoms with Gasteiger partial charge in [0.05, 0.1) is 11.9 Å². The zero-order valence-corrected chi connectivity index (χ0v) is 16.0. The van der Waals surface area contributed by atoms with Crippen molar-refractivity contribution < 1.29 is 9.32 Å². The first-order valence-corrected chi connectivity index (χ1v) is 9.57. The van der Waals surface area contributed by atoms with E-state index in [4.69, 9.17) is 4.52 Å². The fourth-order valence-electron chi connectivity index (χ4n) is 3.55. The maximum atomic E-state index is 12.1. The molecule has 0 radical (unpaired) electrons. The van der Waals surface area contributed by atoms with Crippen LogP contribution in [0.4, 0.5) is 5.82 Å². The molecule has 1 aliphatic carbocycles. The summed E-state index contributed by atoms with van der Waals surface area (Å²) in [6.45, 7) is 2.37. The van der Waals surface area contributed by atoms with E-state index in [1.54, 1.807) is 31.5 Å². The van der Waals surface area contributed by atoms with Gasteiger partial charge in [0.25, 0.3) is 11.5 Å². The van der Waals surface area contributed by atoms with Gasteiger partial charge in [0.2, 0.25) is 0 Å². The molecule has 0 bridgehead atoms. The zero-order chi connectivity index (χ0) is 20.2. The Morgan fingerprint density at radius 3 is 2.93 bits per heavy atom. The SMILES string of the molecule is Cc1cc(C(=O)NCC2CCC(Nc3ccc(-n4ncccc4=O)cn3)C2)no1. The molecule has 1 aliphatic rings. The van der Waals surface area contributed by atoms with E-state index in [1.165, 1.54) is 10.7 Å². The maximum Gasteiger partial charge on any atom is 0.273 e. The van der Waals surface area contributed by atoms with Crippen LogP contribution in [0.15, 0.2) is 52.0 Å². The van der Waals surface area contributed by atoms with E-state index in [2.05, 4.69) is 25.9 Å². The second-order valence-electron chi connectivity index (χ2n) is 7.23. The molecule has 0 saturated heterocycles. The third kappa shape index (κ3) is 4.50. The fourth-order valence-corrected chi connectivity index (χ4v) is 3.55. The quantitative estimate of drug-likeness (QED) is 0.656. The number of carbonyl (C=O) groups excluding carboxylic acids is 1. The van der Waals surface area contributed by atoms with E-state index in [1.807, 2.05) is 12.1 Å². The summed E-state index contributed by atoms with van der Waals surface area (Å²) in [5, 5.41) is 14.1. The van der Waals surface area contributed by atoms with Crippen LogP contribution in [0, 0.1) is 12.8 Å². The maximum absolute atomic E-state index is 12.1. The lowest BCUT2D eigenvalue weighted by Gasteiger charge is -2.14. The van der Waals surface area contributed by atoms with Crippen LogP contribution in [0.25, 0.3) is 5.69 Å². The minimum Gasteiger partial charge on any atom is -0.367 e. The third-order valence-corrected chi connectivity index (χ3v) is 5.01. The van der Waals surface area contributed by atoms with Crippen molar-refractivity contribution in [3.63, 3.8) is 0 Å². The summed E-state index contributed by atoms with van der Waals surface area (Å²) >= 11 is 0. The van der Waals surface area contributed by atoms with Gasteiger partial charge >= 0.3 is 0 Å². The van der Waals surface area contributed by atoms with Gasteiger partial charge < -0.3 is 15.2 Å². The summed E-state index contributed by atoms with van der Waals surface area (Å²) in [7, 11) is 0. The minimum absolute atomic E-state index is 0.198. The predicted molar refractivity (Wildman–Crippen MR) is 106 cm³/mol. The first-order valence-electron chi connectivity index (χ1n) is 9.57. The summed E-state index contributed by atoms with van der Waals surface area (Å²) < 4.78 is 6.24. The Balaban J connectivity index is 1.28. The number of anilines is 1. The molecule has 4 rings (SSSR count). The van der Waals surface area contributed by atoms with E-state index in [0.717, 1.165) is 25.1 Å². The van der Waals surface area contributed by atoms with Gasteiger partial charge in [-0.05, 0) is 50.3 Å². The van der Waals surface area contributed by atoms with Gasteiger partial charge in [-0.2, -0.15) is 9.78 Å². The molecular weight excluding hydrogens is 372 g/mol. The molecule has 3 heterocycles. The van der Waals surface area contributed by atoms with Crippen molar-refractivity contribution in [2.45, 2.75) is 32.2 Å². The summed E-state index contributed by atoms with van der Waals surface area (Å²) in [6, 6.07) is 8.65. The van der Waals surface area contributed by atoms with E-state index >= 15 is 0 Å². The molecule has 0 aromatic carbocycles. The van der Waals surface area contributed by atoms with Gasteiger partial charge in [-0.1, -0.05) is 5.16 Å². The largest absolute Gasteiger partial charge is 0.367 e. The van der Waals surface area contributed by atoms with Crippen LogP contribution in [0.2, 0.25) is 0 Å². The number of nitrogens with one attached hydrogen (secondary N) is 2. The van der Waals surface area contributed by atoms with Gasteiger partial charge in [0.15, 0.2) is 5.69 Å². The number of aromatic nitrogens is 4. The summed E-state index contributed by atoms with van der Waals surface area (Å²) in [4.78, 5) is 28.3. The number of nitrogens with zero attached hydrogens (tertiary/aromatic N) is 4. The Bertz CT molecular complexity index is 1040. The topological polar surface area (TPSA) is 115 Å². The number of amides is 1. The molecule has 1 saturated carbocycles. The Kier molecular flexibility index (Phi) is 5.37. The molecule has 3 aromatic rings. The number of hydrogen-bond donors (Lipinski definition) is 2. The highest BCUT2D eigenvalue weighted by molar-refractivity contribution is 5.92. The number of carbonyl (C=O) groups is 1. The summed E-state index contributed by atoms with van der Waals surface area (Å²) in [6.07, 6.45) is 6.17. The molecule has 2 unspecified atom stereocenters. The molecule has 9 heteroatoms. The van der Waals surface area contributed by atoms with Crippen molar-refractivity contribution in [3.8, 4) is 5.69 Å². The van der Waals surface area contributed by atoms with E-state index in [-0.39, 0.29) is 11.5 Å². The number of rotatable bonds is 6. The highest BCUT2D eigenvalue weighted by Gasteiger charge is 2.25. The van der Waals surface area contributed by atoms with Crippen LogP contribution in [-0.4, -0.2) is 38.4 Å². The molecular formula is C20H22N6O3. The van der Waals surface area contributed by atoms with Gasteiger partial charge in [0.1, 0.15) is 11.6 Å². The van der Waals surface area contributed by atoms with Crippen LogP contribution in [-0.2, 0) is 0 Å². The van der Waals surface area contributed by atoms with Crippen molar-refractivity contribution in [1.29, 1.82) is 0 Å². The standard InChI is InChI=1S/C20H22N6O3/c1-13-9-17(25-29-13)20(28)22-11-14-4-5-15(10-14)24-18-7-6-16(12-21-18)26-19(27)3-2-8-23-26/h2-3,6-9,12,14-15H,4-5,10-11H2,1H3,(H,21,24)(H,22,28). The molecule has 1 amide bonds. The lowest BCUT2D eigenvalue weighted by Crippen LogP contribution is -2.29. The number of pyridine rings is 1. The molecule has 150 valence electrons. The summed E-state index contributed by atoms with van der Waals surface area (Å²) in [5.41, 5.74) is 0.735. The highest BCUT2D eigenvalue weighted by atomic mass is 16.5. The van der Waals surface area contributed by atoms with Crippen LogP contribution in [0.1, 0.15) is 35.5 Å². The van der Waals surface area contributed by atoms with Gasteiger partial charge in [-0.25, -0.2) is 4.98 Å². The van der Waals surface area contributed by atoms with Crippen molar-refractivity contribution in [3.05, 3.63) is 64.5 Å². The molecule has 2 N–H and O–H groups in total. The fraction of sp³-hybridized carbons (Fsp3) is 0.350. The lowest BCUT2D eigenvalue weighted by atomic mass is 10.1. The van der Waals surface area contributed by atoms with E-state index in [9.17, 15) is 9.59 Å². The average molecular weight is 394 g/mol. The normalized spacial score (nSPS) is 18.5. The highest BCUT2D eigenvalue weighted by Crippen LogP contribution is 2.27. The Hall–Kier alpha value is -3.49. The summed E-state index contributed by atoms with van der Waals surface area (Å²) in [5.74, 6) is 1.56. The molecule has 0 aliphatic heterocycles. The van der Waals surface area contributed by atoms with Crippen molar-refractivity contribution in [2.24, 2.45) is 5.92 Å². The monoisotopic (exact) mass is 394 g/mol. The van der Waals surface area contributed by atoms with Crippen molar-refractivity contribution in [2.75, 3.05) is 11.9 Å². The van der Waals surface area contributed by atoms with Crippen LogP contribution >= 0.6 is 0 Å². The van der Waals surface area contributed by atoms with Crippen molar-refractivity contribution >= 4 is 11.7 Å². The van der Waals surface area contributed by atoms with Crippen LogP contribution in [0.5, 0.6) is 0 Å². The first-order chi connectivity index (χ1) is 14.1. The molecule has 1 fully saturated rings. The number of hydrogen-bond acceptors (Lipinski definition) is 7. The second kappa shape index (κ2) is 8.26.